The molecule has 2 amide bonds. The molecule has 0 saturated carbocycles. The lowest BCUT2D eigenvalue weighted by atomic mass is 9.90. The third-order valence-electron chi connectivity index (χ3n) is 6.40. The fourth-order valence-electron chi connectivity index (χ4n) is 4.41. The van der Waals surface area contributed by atoms with Crippen molar-refractivity contribution in [2.75, 3.05) is 36.9 Å². The number of carbonyl (C=O) groups excluding carboxylic acids is 2. The third kappa shape index (κ3) is 5.66. The van der Waals surface area contributed by atoms with Gasteiger partial charge >= 0.3 is 0 Å². The van der Waals surface area contributed by atoms with Gasteiger partial charge in [0.15, 0.2) is 0 Å². The van der Waals surface area contributed by atoms with Gasteiger partial charge in [-0.05, 0) is 67.0 Å². The van der Waals surface area contributed by atoms with Crippen molar-refractivity contribution < 1.29 is 9.59 Å². The number of likely N-dealkylation sites (N-methyl/N-ethyl adjacent to an activating group) is 2. The van der Waals surface area contributed by atoms with Crippen molar-refractivity contribution in [1.82, 2.24) is 4.90 Å². The second-order valence-corrected chi connectivity index (χ2v) is 9.29. The summed E-state index contributed by atoms with van der Waals surface area (Å²) in [6, 6.07) is 22.7. The molecule has 1 heterocycles. The Balaban J connectivity index is 1.63. The van der Waals surface area contributed by atoms with Gasteiger partial charge in [-0.15, -0.1) is 0 Å². The van der Waals surface area contributed by atoms with Crippen LogP contribution in [0.25, 0.3) is 0 Å². The van der Waals surface area contributed by atoms with E-state index in [0.29, 0.717) is 28.7 Å². The smallest absolute Gasteiger partial charge is 0.240 e. The summed E-state index contributed by atoms with van der Waals surface area (Å²) in [6.45, 7) is 6.31. The van der Waals surface area contributed by atoms with Crippen LogP contribution in [0.2, 0.25) is 5.02 Å². The van der Waals surface area contributed by atoms with Crippen molar-refractivity contribution in [2.45, 2.75) is 26.2 Å². The first kappa shape index (κ1) is 25.6. The second kappa shape index (κ2) is 11.5. The molecule has 7 heteroatoms. The van der Waals surface area contributed by atoms with Gasteiger partial charge in [-0.2, -0.15) is 0 Å². The van der Waals surface area contributed by atoms with E-state index in [4.69, 9.17) is 16.6 Å². The van der Waals surface area contributed by atoms with Crippen molar-refractivity contribution in [1.29, 1.82) is 0 Å². The number of aliphatic imine (C=N–C) groups is 1. The summed E-state index contributed by atoms with van der Waals surface area (Å²) in [5.74, 6) is -0.643. The van der Waals surface area contributed by atoms with Crippen LogP contribution in [0.1, 0.15) is 37.3 Å². The average Bonchev–Trinajstić information content (AvgIpc) is 3.21. The molecule has 1 N–H and O–H groups in total. The van der Waals surface area contributed by atoms with Crippen LogP contribution >= 0.6 is 11.6 Å². The summed E-state index contributed by atoms with van der Waals surface area (Å²) in [6.07, 6.45) is 1.01. The van der Waals surface area contributed by atoms with Crippen LogP contribution in [0.3, 0.4) is 0 Å². The highest BCUT2D eigenvalue weighted by Crippen LogP contribution is 2.37. The molecule has 3 aromatic carbocycles. The van der Waals surface area contributed by atoms with Gasteiger partial charge in [0.05, 0.1) is 17.9 Å². The second-order valence-electron chi connectivity index (χ2n) is 8.85. The zero-order valence-electron chi connectivity index (χ0n) is 20.9. The Labute approximate surface area is 217 Å². The Morgan fingerprint density at radius 2 is 1.75 bits per heavy atom. The molecule has 0 aliphatic carbocycles. The normalized spacial score (nSPS) is 15.1. The number of anilines is 2. The summed E-state index contributed by atoms with van der Waals surface area (Å²) in [5, 5.41) is 3.51. The van der Waals surface area contributed by atoms with Gasteiger partial charge in [0.2, 0.25) is 11.8 Å². The zero-order chi connectivity index (χ0) is 25.7. The van der Waals surface area contributed by atoms with Gasteiger partial charge in [-0.1, -0.05) is 61.8 Å². The molecule has 0 aromatic heterocycles. The highest BCUT2D eigenvalue weighted by molar-refractivity contribution is 6.31. The number of carbonyl (C=O) groups is 2. The summed E-state index contributed by atoms with van der Waals surface area (Å²) in [5.41, 5.74) is 4.58. The number of hydrogen-bond acceptors (Lipinski definition) is 4. The number of amides is 2. The van der Waals surface area contributed by atoms with Crippen LogP contribution in [-0.2, 0) is 9.59 Å². The molecule has 4 rings (SSSR count). The predicted octanol–water partition coefficient (Wildman–Crippen LogP) is 5.89. The minimum atomic E-state index is -0.554. The summed E-state index contributed by atoms with van der Waals surface area (Å²) in [4.78, 5) is 34.6. The van der Waals surface area contributed by atoms with Crippen LogP contribution in [0.15, 0.2) is 77.8 Å². The maximum atomic E-state index is 13.0. The minimum absolute atomic E-state index is 0.0458. The standard InChI is InChI=1S/C29H31ClN4O2/c1-4-17-34(5-2)19-26(35)33(3)23-14-12-22(13-15-23)31-28(20-9-7-6-8-10-20)27-24-16-11-21(30)18-25(24)32-29(27)36/h6-16,18,27H,4-5,17,19H2,1-3H3,(H,32,36). The van der Waals surface area contributed by atoms with E-state index < -0.39 is 5.92 Å². The van der Waals surface area contributed by atoms with Crippen LogP contribution in [0, 0.1) is 0 Å². The van der Waals surface area contributed by atoms with Gasteiger partial charge in [0.1, 0.15) is 5.92 Å². The van der Waals surface area contributed by atoms with E-state index in [1.807, 2.05) is 60.7 Å². The Morgan fingerprint density at radius 3 is 2.42 bits per heavy atom. The average molecular weight is 503 g/mol. The maximum absolute atomic E-state index is 13.0. The fraction of sp³-hybridized carbons (Fsp3) is 0.276. The molecular formula is C29H31ClN4O2. The molecule has 36 heavy (non-hydrogen) atoms. The highest BCUT2D eigenvalue weighted by Gasteiger charge is 2.35. The number of halogens is 1. The van der Waals surface area contributed by atoms with E-state index in [0.717, 1.165) is 36.3 Å². The van der Waals surface area contributed by atoms with Crippen LogP contribution < -0.4 is 10.2 Å². The number of benzene rings is 3. The van der Waals surface area contributed by atoms with E-state index in [2.05, 4.69) is 24.1 Å². The van der Waals surface area contributed by atoms with Gasteiger partial charge in [0, 0.05) is 23.4 Å². The molecule has 0 spiro atoms. The number of nitrogens with zero attached hydrogens (tertiary/aromatic N) is 3. The van der Waals surface area contributed by atoms with E-state index in [1.54, 1.807) is 24.1 Å². The van der Waals surface area contributed by atoms with E-state index in [-0.39, 0.29) is 11.8 Å². The Hall–Kier alpha value is -3.48. The number of fused-ring (bicyclic) bond motifs is 1. The molecule has 3 aromatic rings. The fourth-order valence-corrected chi connectivity index (χ4v) is 4.58. The van der Waals surface area contributed by atoms with Crippen molar-refractivity contribution in [3.63, 3.8) is 0 Å². The van der Waals surface area contributed by atoms with Gasteiger partial charge in [-0.25, -0.2) is 0 Å². The molecule has 1 atom stereocenters. The van der Waals surface area contributed by atoms with Gasteiger partial charge in [0.25, 0.3) is 0 Å². The number of hydrogen-bond donors (Lipinski definition) is 1. The molecular weight excluding hydrogens is 472 g/mol. The molecule has 6 nitrogen and oxygen atoms in total. The van der Waals surface area contributed by atoms with E-state index in [1.165, 1.54) is 0 Å². The molecule has 186 valence electrons. The topological polar surface area (TPSA) is 65.0 Å². The summed E-state index contributed by atoms with van der Waals surface area (Å²) >= 11 is 6.15. The van der Waals surface area contributed by atoms with Crippen molar-refractivity contribution in [2.24, 2.45) is 4.99 Å². The van der Waals surface area contributed by atoms with E-state index in [9.17, 15) is 9.59 Å². The molecule has 1 aliphatic rings. The minimum Gasteiger partial charge on any atom is -0.325 e. The van der Waals surface area contributed by atoms with Crippen LogP contribution in [-0.4, -0.2) is 49.1 Å². The maximum Gasteiger partial charge on any atom is 0.240 e. The van der Waals surface area contributed by atoms with Gasteiger partial charge < -0.3 is 10.2 Å². The van der Waals surface area contributed by atoms with E-state index >= 15 is 0 Å². The highest BCUT2D eigenvalue weighted by atomic mass is 35.5. The summed E-state index contributed by atoms with van der Waals surface area (Å²) in [7, 11) is 1.79. The lowest BCUT2D eigenvalue weighted by molar-refractivity contribution is -0.119. The Bertz CT molecular complexity index is 1260. The van der Waals surface area contributed by atoms with Crippen molar-refractivity contribution >= 4 is 46.2 Å². The predicted molar refractivity (Wildman–Crippen MR) is 148 cm³/mol. The lowest BCUT2D eigenvalue weighted by Crippen LogP contribution is -2.38. The molecule has 0 saturated heterocycles. The van der Waals surface area contributed by atoms with Gasteiger partial charge in [-0.3, -0.25) is 19.5 Å². The molecule has 1 unspecified atom stereocenters. The summed E-state index contributed by atoms with van der Waals surface area (Å²) < 4.78 is 0. The molecule has 1 aliphatic heterocycles. The SMILES string of the molecule is CCCN(CC)CC(=O)N(C)c1ccc(N=C(c2ccccc2)C2C(=O)Nc3cc(Cl)ccc32)cc1. The van der Waals surface area contributed by atoms with Crippen LogP contribution in [0.5, 0.6) is 0 Å². The first-order chi connectivity index (χ1) is 17.4. The lowest BCUT2D eigenvalue weighted by Gasteiger charge is -2.23. The Morgan fingerprint density at radius 1 is 1.03 bits per heavy atom. The first-order valence-corrected chi connectivity index (χ1v) is 12.6. The third-order valence-corrected chi connectivity index (χ3v) is 6.63. The molecule has 0 fully saturated rings. The number of rotatable bonds is 9. The monoisotopic (exact) mass is 502 g/mol. The molecule has 0 radical (unpaired) electrons. The van der Waals surface area contributed by atoms with Crippen molar-refractivity contribution in [3.05, 3.63) is 88.9 Å². The first-order valence-electron chi connectivity index (χ1n) is 12.2. The Kier molecular flexibility index (Phi) is 8.18. The van der Waals surface area contributed by atoms with Crippen LogP contribution in [0.4, 0.5) is 17.1 Å². The zero-order valence-corrected chi connectivity index (χ0v) is 21.6. The quantitative estimate of drug-likeness (QED) is 0.371. The number of nitrogens with one attached hydrogen (secondary N) is 1. The largest absolute Gasteiger partial charge is 0.325 e. The molecule has 0 bridgehead atoms. The van der Waals surface area contributed by atoms with Crippen molar-refractivity contribution in [3.8, 4) is 0 Å².